The van der Waals surface area contributed by atoms with Crippen molar-refractivity contribution in [2.45, 2.75) is 6.42 Å². The average Bonchev–Trinajstić information content (AvgIpc) is 3.25. The van der Waals surface area contributed by atoms with E-state index in [4.69, 9.17) is 4.74 Å². The van der Waals surface area contributed by atoms with E-state index in [2.05, 4.69) is 10.3 Å². The molecule has 0 aliphatic carbocycles. The summed E-state index contributed by atoms with van der Waals surface area (Å²) in [6.07, 6.45) is 0.0754. The van der Waals surface area contributed by atoms with Crippen molar-refractivity contribution in [3.63, 3.8) is 0 Å². The molecule has 1 N–H and O–H groups in total. The first-order valence-corrected chi connectivity index (χ1v) is 9.27. The van der Waals surface area contributed by atoms with Gasteiger partial charge >= 0.3 is 0 Å². The highest BCUT2D eigenvalue weighted by molar-refractivity contribution is 7.22. The Bertz CT molecular complexity index is 1030. The van der Waals surface area contributed by atoms with Gasteiger partial charge in [-0.3, -0.25) is 9.59 Å². The van der Waals surface area contributed by atoms with E-state index in [1.807, 2.05) is 0 Å². The van der Waals surface area contributed by atoms with Gasteiger partial charge < -0.3 is 15.0 Å². The largest absolute Gasteiger partial charge is 0.497 e. The Morgan fingerprint density at radius 2 is 1.96 bits per heavy atom. The van der Waals surface area contributed by atoms with Gasteiger partial charge in [0, 0.05) is 24.7 Å². The van der Waals surface area contributed by atoms with E-state index < -0.39 is 17.6 Å². The number of halogens is 2. The van der Waals surface area contributed by atoms with Gasteiger partial charge in [0.15, 0.2) is 16.8 Å². The number of thiazole rings is 1. The molecule has 1 aromatic heterocycles. The van der Waals surface area contributed by atoms with E-state index in [1.54, 1.807) is 36.3 Å². The smallest absolute Gasteiger partial charge is 0.231 e. The number of hydrogen-bond donors (Lipinski definition) is 1. The summed E-state index contributed by atoms with van der Waals surface area (Å²) in [6.45, 7) is 0.241. The highest BCUT2D eigenvalue weighted by Crippen LogP contribution is 2.30. The molecule has 0 radical (unpaired) electrons. The molecule has 2 aromatic carbocycles. The summed E-state index contributed by atoms with van der Waals surface area (Å²) in [5.74, 6) is -2.34. The molecule has 1 fully saturated rings. The molecule has 9 heteroatoms. The van der Waals surface area contributed by atoms with E-state index in [-0.39, 0.29) is 35.4 Å². The number of nitrogens with one attached hydrogen (secondary N) is 1. The fraction of sp³-hybridized carbons (Fsp3) is 0.211. The molecule has 6 nitrogen and oxygen atoms in total. The monoisotopic (exact) mass is 403 g/mol. The molecule has 2 heterocycles. The molecule has 1 unspecified atom stereocenters. The SMILES string of the molecule is COc1ccc(N2CC(C(=O)Nc3nc4cc(F)c(F)cc4s3)CC2=O)cc1. The molecule has 3 aromatic rings. The van der Waals surface area contributed by atoms with E-state index in [0.717, 1.165) is 23.5 Å². The maximum atomic E-state index is 13.3. The molecule has 0 saturated carbocycles. The molecule has 2 amide bonds. The summed E-state index contributed by atoms with van der Waals surface area (Å²) in [4.78, 5) is 30.5. The standard InChI is InChI=1S/C19H15F2N3O3S/c1-27-12-4-2-11(3-5-12)24-9-10(6-17(24)25)18(26)23-19-22-15-7-13(20)14(21)8-16(15)28-19/h2-5,7-8,10H,6,9H2,1H3,(H,22,23,26). The zero-order valence-corrected chi connectivity index (χ0v) is 15.6. The number of rotatable bonds is 4. The Morgan fingerprint density at radius 3 is 2.68 bits per heavy atom. The quantitative estimate of drug-likeness (QED) is 0.723. The summed E-state index contributed by atoms with van der Waals surface area (Å²) in [6, 6.07) is 9.04. The van der Waals surface area contributed by atoms with Crippen LogP contribution in [-0.2, 0) is 9.59 Å². The molecule has 1 aliphatic heterocycles. The number of amides is 2. The lowest BCUT2D eigenvalue weighted by Crippen LogP contribution is -2.28. The lowest BCUT2D eigenvalue weighted by molar-refractivity contribution is -0.122. The molecule has 1 saturated heterocycles. The highest BCUT2D eigenvalue weighted by Gasteiger charge is 2.35. The number of carbonyl (C=O) groups excluding carboxylic acids is 2. The third kappa shape index (κ3) is 3.40. The molecular formula is C19H15F2N3O3S. The van der Waals surface area contributed by atoms with Crippen LogP contribution in [-0.4, -0.2) is 30.5 Å². The van der Waals surface area contributed by atoms with Gasteiger partial charge in [0.05, 0.1) is 23.2 Å². The summed E-state index contributed by atoms with van der Waals surface area (Å²) in [5, 5.41) is 2.88. The Labute approximate surface area is 162 Å². The molecule has 0 bridgehead atoms. The third-order valence-corrected chi connectivity index (χ3v) is 5.47. The second-order valence-corrected chi connectivity index (χ2v) is 7.38. The molecule has 0 spiro atoms. The number of benzene rings is 2. The number of anilines is 2. The van der Waals surface area contributed by atoms with E-state index in [9.17, 15) is 18.4 Å². The topological polar surface area (TPSA) is 71.5 Å². The van der Waals surface area contributed by atoms with Crippen molar-refractivity contribution < 1.29 is 23.1 Å². The maximum absolute atomic E-state index is 13.3. The Morgan fingerprint density at radius 1 is 1.25 bits per heavy atom. The molecule has 144 valence electrons. The number of nitrogens with zero attached hydrogens (tertiary/aromatic N) is 2. The van der Waals surface area contributed by atoms with Crippen molar-refractivity contribution in [1.82, 2.24) is 4.98 Å². The summed E-state index contributed by atoms with van der Waals surface area (Å²) in [5.41, 5.74) is 0.952. The number of aromatic nitrogens is 1. The fourth-order valence-corrected chi connectivity index (χ4v) is 3.95. The first kappa shape index (κ1) is 18.3. The zero-order chi connectivity index (χ0) is 19.8. The van der Waals surface area contributed by atoms with Crippen LogP contribution < -0.4 is 15.0 Å². The third-order valence-electron chi connectivity index (χ3n) is 4.54. The predicted octanol–water partition coefficient (Wildman–Crippen LogP) is 3.57. The van der Waals surface area contributed by atoms with Crippen molar-refractivity contribution in [3.8, 4) is 5.75 Å². The van der Waals surface area contributed by atoms with Gasteiger partial charge in [0.25, 0.3) is 0 Å². The van der Waals surface area contributed by atoms with Crippen LogP contribution in [0, 0.1) is 17.6 Å². The summed E-state index contributed by atoms with van der Waals surface area (Å²) in [7, 11) is 1.56. The van der Waals surface area contributed by atoms with Gasteiger partial charge in [-0.2, -0.15) is 0 Å². The van der Waals surface area contributed by atoms with Gasteiger partial charge in [-0.1, -0.05) is 11.3 Å². The lowest BCUT2D eigenvalue weighted by Gasteiger charge is -2.16. The van der Waals surface area contributed by atoms with Crippen molar-refractivity contribution in [2.75, 3.05) is 23.9 Å². The van der Waals surface area contributed by atoms with Crippen LogP contribution in [0.5, 0.6) is 5.75 Å². The molecule has 4 rings (SSSR count). The Kier molecular flexibility index (Phi) is 4.68. The molecule has 28 heavy (non-hydrogen) atoms. The van der Waals surface area contributed by atoms with E-state index in [1.165, 1.54) is 0 Å². The van der Waals surface area contributed by atoms with Crippen molar-refractivity contribution >= 4 is 44.2 Å². The van der Waals surface area contributed by atoms with Crippen molar-refractivity contribution in [1.29, 1.82) is 0 Å². The average molecular weight is 403 g/mol. The first-order valence-electron chi connectivity index (χ1n) is 8.45. The minimum atomic E-state index is -0.993. The van der Waals surface area contributed by atoms with Crippen LogP contribution in [0.3, 0.4) is 0 Å². The van der Waals surface area contributed by atoms with E-state index >= 15 is 0 Å². The van der Waals surface area contributed by atoms with Gasteiger partial charge in [0.2, 0.25) is 11.8 Å². The summed E-state index contributed by atoms with van der Waals surface area (Å²) < 4.78 is 32.2. The van der Waals surface area contributed by atoms with Crippen LogP contribution in [0.1, 0.15) is 6.42 Å². The number of ether oxygens (including phenoxy) is 1. The number of fused-ring (bicyclic) bond motifs is 1. The van der Waals surface area contributed by atoms with Gasteiger partial charge in [-0.15, -0.1) is 0 Å². The normalized spacial score (nSPS) is 16.6. The van der Waals surface area contributed by atoms with Crippen LogP contribution >= 0.6 is 11.3 Å². The molecule has 1 atom stereocenters. The van der Waals surface area contributed by atoms with Crippen molar-refractivity contribution in [3.05, 3.63) is 48.0 Å². The zero-order valence-electron chi connectivity index (χ0n) is 14.7. The number of methoxy groups -OCH3 is 1. The van der Waals surface area contributed by atoms with Gasteiger partial charge in [0.1, 0.15) is 5.75 Å². The second kappa shape index (κ2) is 7.16. The Balaban J connectivity index is 1.47. The van der Waals surface area contributed by atoms with Crippen LogP contribution in [0.2, 0.25) is 0 Å². The minimum Gasteiger partial charge on any atom is -0.497 e. The molecular weight excluding hydrogens is 388 g/mol. The fourth-order valence-electron chi connectivity index (χ4n) is 3.08. The van der Waals surface area contributed by atoms with Crippen LogP contribution in [0.4, 0.5) is 19.6 Å². The predicted molar refractivity (Wildman–Crippen MR) is 102 cm³/mol. The summed E-state index contributed by atoms with van der Waals surface area (Å²) >= 11 is 1.05. The van der Waals surface area contributed by atoms with Crippen molar-refractivity contribution in [2.24, 2.45) is 5.92 Å². The second-order valence-electron chi connectivity index (χ2n) is 6.35. The van der Waals surface area contributed by atoms with Crippen LogP contribution in [0.15, 0.2) is 36.4 Å². The van der Waals surface area contributed by atoms with E-state index in [0.29, 0.717) is 16.1 Å². The van der Waals surface area contributed by atoms with Crippen LogP contribution in [0.25, 0.3) is 10.2 Å². The van der Waals surface area contributed by atoms with Gasteiger partial charge in [-0.25, -0.2) is 13.8 Å². The maximum Gasteiger partial charge on any atom is 0.231 e. The minimum absolute atomic E-state index is 0.0754. The first-order chi connectivity index (χ1) is 13.4. The highest BCUT2D eigenvalue weighted by atomic mass is 32.1. The number of carbonyl (C=O) groups is 2. The van der Waals surface area contributed by atoms with Gasteiger partial charge in [-0.05, 0) is 30.3 Å². The molecule has 1 aliphatic rings. The lowest BCUT2D eigenvalue weighted by atomic mass is 10.1. The Hall–Kier alpha value is -3.07. The number of hydrogen-bond acceptors (Lipinski definition) is 5.